The number of pyridine rings is 1. The summed E-state index contributed by atoms with van der Waals surface area (Å²) in [5, 5.41) is 4.82. The van der Waals surface area contributed by atoms with Gasteiger partial charge in [0.15, 0.2) is 11.5 Å². The molecule has 0 radical (unpaired) electrons. The summed E-state index contributed by atoms with van der Waals surface area (Å²) in [7, 11) is 0. The van der Waals surface area contributed by atoms with E-state index in [1.165, 1.54) is 0 Å². The van der Waals surface area contributed by atoms with E-state index in [0.29, 0.717) is 29.5 Å². The molecule has 0 spiro atoms. The van der Waals surface area contributed by atoms with Crippen LogP contribution in [0.2, 0.25) is 0 Å². The minimum absolute atomic E-state index is 0.139. The van der Waals surface area contributed by atoms with Crippen LogP contribution in [0.25, 0.3) is 28.2 Å². The summed E-state index contributed by atoms with van der Waals surface area (Å²) in [5.74, 6) is 1.27. The molecule has 1 amide bonds. The Hall–Kier alpha value is -4.60. The lowest BCUT2D eigenvalue weighted by molar-refractivity contribution is -0.129. The summed E-state index contributed by atoms with van der Waals surface area (Å²) < 4.78 is 3.52. The van der Waals surface area contributed by atoms with E-state index in [-0.39, 0.29) is 17.5 Å². The van der Waals surface area contributed by atoms with Gasteiger partial charge < -0.3 is 9.88 Å². The lowest BCUT2D eigenvalue weighted by Crippen LogP contribution is -2.36. The van der Waals surface area contributed by atoms with Gasteiger partial charge in [0, 0.05) is 43.9 Å². The van der Waals surface area contributed by atoms with Gasteiger partial charge >= 0.3 is 5.69 Å². The van der Waals surface area contributed by atoms with Crippen molar-refractivity contribution in [3.63, 3.8) is 0 Å². The fourth-order valence-corrected chi connectivity index (χ4v) is 5.42. The summed E-state index contributed by atoms with van der Waals surface area (Å²) in [6.07, 6.45) is 7.28. The Morgan fingerprint density at radius 1 is 1.07 bits per heavy atom. The van der Waals surface area contributed by atoms with Gasteiger partial charge in [-0.2, -0.15) is 5.10 Å². The van der Waals surface area contributed by atoms with Crippen molar-refractivity contribution in [2.75, 3.05) is 13.1 Å². The lowest BCUT2D eigenvalue weighted by atomic mass is 9.94. The predicted molar refractivity (Wildman–Crippen MR) is 152 cm³/mol. The maximum atomic E-state index is 12.9. The van der Waals surface area contributed by atoms with Crippen molar-refractivity contribution in [3.05, 3.63) is 88.5 Å². The van der Waals surface area contributed by atoms with Crippen molar-refractivity contribution in [1.29, 1.82) is 0 Å². The van der Waals surface area contributed by atoms with Crippen LogP contribution in [0.4, 0.5) is 0 Å². The molecule has 1 fully saturated rings. The number of aromatic nitrogens is 7. The number of carbonyl (C=O) groups excluding carboxylic acids is 1. The maximum Gasteiger partial charge on any atom is 0.328 e. The number of hydrogen-bond donors (Lipinski definition) is 1. The number of imidazole rings is 1. The highest BCUT2D eigenvalue weighted by Gasteiger charge is 2.23. The molecule has 10 heteroatoms. The minimum atomic E-state index is -0.228. The number of nitrogens with one attached hydrogen (secondary N) is 1. The van der Waals surface area contributed by atoms with Crippen LogP contribution >= 0.6 is 0 Å². The topological polar surface area (TPSA) is 115 Å². The number of likely N-dealkylation sites (tertiary alicyclic amines) is 1. The smallest absolute Gasteiger partial charge is 0.328 e. The summed E-state index contributed by atoms with van der Waals surface area (Å²) in [6.45, 7) is 7.74. The monoisotopic (exact) mass is 536 g/mol. The van der Waals surface area contributed by atoms with Crippen molar-refractivity contribution in [2.45, 2.75) is 52.0 Å². The molecule has 1 saturated heterocycles. The van der Waals surface area contributed by atoms with E-state index in [1.807, 2.05) is 52.2 Å². The second kappa shape index (κ2) is 10.5. The van der Waals surface area contributed by atoms with Crippen molar-refractivity contribution in [2.24, 2.45) is 0 Å². The third kappa shape index (κ3) is 4.92. The molecule has 204 valence electrons. The molecule has 5 aromatic rings. The van der Waals surface area contributed by atoms with E-state index in [1.54, 1.807) is 23.9 Å². The van der Waals surface area contributed by atoms with Gasteiger partial charge in [0.05, 0.1) is 29.8 Å². The molecular weight excluding hydrogens is 504 g/mol. The van der Waals surface area contributed by atoms with E-state index in [4.69, 9.17) is 10.1 Å². The largest absolute Gasteiger partial charge is 0.343 e. The molecule has 4 aromatic heterocycles. The zero-order valence-electron chi connectivity index (χ0n) is 22.9. The molecule has 0 aliphatic carbocycles. The van der Waals surface area contributed by atoms with Gasteiger partial charge in [-0.05, 0) is 54.7 Å². The van der Waals surface area contributed by atoms with Gasteiger partial charge in [-0.3, -0.25) is 14.3 Å². The fourth-order valence-electron chi connectivity index (χ4n) is 5.42. The molecule has 40 heavy (non-hydrogen) atoms. The van der Waals surface area contributed by atoms with Crippen molar-refractivity contribution >= 4 is 17.1 Å². The molecule has 1 aliphatic heterocycles. The van der Waals surface area contributed by atoms with E-state index in [0.717, 1.165) is 54.1 Å². The first-order valence-electron chi connectivity index (χ1n) is 13.7. The summed E-state index contributed by atoms with van der Waals surface area (Å²) >= 11 is 0. The van der Waals surface area contributed by atoms with Gasteiger partial charge in [-0.15, -0.1) is 0 Å². The Bertz CT molecular complexity index is 1720. The molecule has 1 aromatic carbocycles. The first-order chi connectivity index (χ1) is 19.4. The van der Waals surface area contributed by atoms with Crippen LogP contribution in [0.3, 0.4) is 0 Å². The number of rotatable bonds is 6. The highest BCUT2D eigenvalue weighted by Crippen LogP contribution is 2.28. The zero-order valence-corrected chi connectivity index (χ0v) is 22.9. The number of hydrogen-bond acceptors (Lipinski definition) is 6. The van der Waals surface area contributed by atoms with Gasteiger partial charge in [0.2, 0.25) is 5.91 Å². The predicted octanol–water partition coefficient (Wildman–Crippen LogP) is 4.26. The van der Waals surface area contributed by atoms with Gasteiger partial charge in [-0.25, -0.2) is 19.4 Å². The highest BCUT2D eigenvalue weighted by molar-refractivity contribution is 5.74. The van der Waals surface area contributed by atoms with Crippen LogP contribution < -0.4 is 5.69 Å². The lowest BCUT2D eigenvalue weighted by Gasteiger charge is -2.30. The summed E-state index contributed by atoms with van der Waals surface area (Å²) in [5.41, 5.74) is 5.70. The SMILES string of the molecule is CC(=O)N1CCC(c2ccn(-c3ccc(Cn4c(=O)[nH]c5cnc(-c6cccnc6C(C)C)nc54)cc3)n2)CC1. The Morgan fingerprint density at radius 2 is 1.85 bits per heavy atom. The van der Waals surface area contributed by atoms with Crippen molar-refractivity contribution in [1.82, 2.24) is 39.2 Å². The number of carbonyl (C=O) groups is 1. The molecule has 0 saturated carbocycles. The highest BCUT2D eigenvalue weighted by atomic mass is 16.2. The van der Waals surface area contributed by atoms with E-state index >= 15 is 0 Å². The van der Waals surface area contributed by atoms with Crippen molar-refractivity contribution < 1.29 is 4.79 Å². The molecule has 10 nitrogen and oxygen atoms in total. The first kappa shape index (κ1) is 25.7. The number of H-pyrrole nitrogens is 1. The molecule has 0 atom stereocenters. The quantitative estimate of drug-likeness (QED) is 0.347. The average Bonchev–Trinajstić information content (AvgIpc) is 3.58. The summed E-state index contributed by atoms with van der Waals surface area (Å²) in [6, 6.07) is 13.9. The van der Waals surface area contributed by atoms with Gasteiger partial charge in [0.25, 0.3) is 0 Å². The molecule has 0 unspecified atom stereocenters. The molecular formula is C30H32N8O2. The fraction of sp³-hybridized carbons (Fsp3) is 0.333. The Morgan fingerprint density at radius 3 is 2.58 bits per heavy atom. The minimum Gasteiger partial charge on any atom is -0.343 e. The molecule has 6 rings (SSSR count). The third-order valence-electron chi connectivity index (χ3n) is 7.65. The van der Waals surface area contributed by atoms with E-state index < -0.39 is 0 Å². The number of amides is 1. The van der Waals surface area contributed by atoms with Gasteiger partial charge in [-0.1, -0.05) is 26.0 Å². The normalized spacial score (nSPS) is 14.3. The second-order valence-corrected chi connectivity index (χ2v) is 10.7. The standard InChI is InChI=1S/C30H32N8O2/c1-19(2)27-24(5-4-13-31-27)28-32-17-26-29(34-28)37(30(40)33-26)18-21-6-8-23(9-7-21)38-16-12-25(35-38)22-10-14-36(15-11-22)20(3)39/h4-9,12-13,16-17,19,22H,10-11,14-15,18H2,1-3H3,(H,33,40). The third-order valence-corrected chi connectivity index (χ3v) is 7.65. The van der Waals surface area contributed by atoms with Crippen LogP contribution in [-0.4, -0.2) is 58.2 Å². The van der Waals surface area contributed by atoms with Crippen LogP contribution in [0.15, 0.2) is 65.8 Å². The van der Waals surface area contributed by atoms with Crippen LogP contribution in [0.1, 0.15) is 62.4 Å². The zero-order chi connectivity index (χ0) is 27.8. The van der Waals surface area contributed by atoms with Crippen LogP contribution in [0.5, 0.6) is 0 Å². The molecule has 5 heterocycles. The van der Waals surface area contributed by atoms with E-state index in [2.05, 4.69) is 34.9 Å². The maximum absolute atomic E-state index is 12.9. The van der Waals surface area contributed by atoms with Crippen LogP contribution in [0, 0.1) is 0 Å². The number of benzene rings is 1. The van der Waals surface area contributed by atoms with Crippen LogP contribution in [-0.2, 0) is 11.3 Å². The first-order valence-corrected chi connectivity index (χ1v) is 13.7. The number of nitrogens with zero attached hydrogens (tertiary/aromatic N) is 7. The number of aromatic amines is 1. The Kier molecular flexibility index (Phi) is 6.75. The second-order valence-electron chi connectivity index (χ2n) is 10.7. The number of piperidine rings is 1. The Balaban J connectivity index is 1.22. The molecule has 0 bridgehead atoms. The summed E-state index contributed by atoms with van der Waals surface area (Å²) in [4.78, 5) is 43.1. The molecule has 1 aliphatic rings. The number of fused-ring (bicyclic) bond motifs is 1. The molecule has 1 N–H and O–H groups in total. The van der Waals surface area contributed by atoms with Gasteiger partial charge in [0.1, 0.15) is 5.52 Å². The van der Waals surface area contributed by atoms with Crippen molar-refractivity contribution in [3.8, 4) is 17.1 Å². The van der Waals surface area contributed by atoms with E-state index in [9.17, 15) is 9.59 Å². The Labute approximate surface area is 231 Å². The average molecular weight is 537 g/mol.